The molecule has 282 valence electrons. The Balaban J connectivity index is 1.37. The summed E-state index contributed by atoms with van der Waals surface area (Å²) in [6, 6.07) is 10.9. The zero-order valence-electron chi connectivity index (χ0n) is 27.2. The minimum absolute atomic E-state index is 0.0248. The van der Waals surface area contributed by atoms with Gasteiger partial charge in [-0.15, -0.1) is 0 Å². The monoisotopic (exact) mass is 742 g/mol. The second-order valence-corrected chi connectivity index (χ2v) is 12.2. The van der Waals surface area contributed by atoms with Gasteiger partial charge in [0.2, 0.25) is 17.5 Å². The highest BCUT2D eigenvalue weighted by molar-refractivity contribution is 5.89. The van der Waals surface area contributed by atoms with Crippen molar-refractivity contribution in [2.24, 2.45) is 0 Å². The molecular formula is C35H34O18. The molecule has 2 aliphatic heterocycles. The van der Waals surface area contributed by atoms with Crippen molar-refractivity contribution in [2.45, 2.75) is 55.3 Å². The molecule has 9 atom stereocenters. The van der Waals surface area contributed by atoms with Crippen LogP contribution in [0.4, 0.5) is 0 Å². The standard InChI is InChI=1S/C35H34O18/c36-16-5-1-14(2-6-16)3-8-24(42)52-33-29(46)27(44)23(13-49-34-30(47)26(43)21(41)12-48-34)51-35(33)53-32-28(45)25-20(40)10-17(37)11-22(25)50-31(32)15-4-7-18(38)19(39)9-15/h1-11,21,23,26-27,29-30,33-41,43-44,46-47H,12-13H2/b8-3-/t21-,23-,26+,27-,29+,30-,33-,34+,35+/m0/s1. The summed E-state index contributed by atoms with van der Waals surface area (Å²) in [4.78, 5) is 27.0. The number of aliphatic hydroxyl groups excluding tert-OH is 5. The topological polar surface area (TPSA) is 296 Å². The Kier molecular flexibility index (Phi) is 10.8. The summed E-state index contributed by atoms with van der Waals surface area (Å²) in [5.41, 5.74) is -1.03. The van der Waals surface area contributed by atoms with Crippen LogP contribution in [0.25, 0.3) is 28.4 Å². The molecule has 18 heteroatoms. The molecule has 0 aliphatic carbocycles. The second kappa shape index (κ2) is 15.3. The molecule has 0 saturated carbocycles. The van der Waals surface area contributed by atoms with Crippen LogP contribution in [-0.2, 0) is 23.7 Å². The Morgan fingerprint density at radius 1 is 0.792 bits per heavy atom. The van der Waals surface area contributed by atoms with Crippen LogP contribution in [0.5, 0.6) is 34.5 Å². The number of hydrogen-bond acceptors (Lipinski definition) is 18. The lowest BCUT2D eigenvalue weighted by atomic mass is 9.98. The minimum Gasteiger partial charge on any atom is -0.508 e. The highest BCUT2D eigenvalue weighted by atomic mass is 16.7. The van der Waals surface area contributed by atoms with Gasteiger partial charge in [0, 0.05) is 23.8 Å². The molecule has 6 rings (SSSR count). The van der Waals surface area contributed by atoms with E-state index in [2.05, 4.69) is 0 Å². The summed E-state index contributed by atoms with van der Waals surface area (Å²) in [5.74, 6) is -4.71. The number of benzene rings is 3. The van der Waals surface area contributed by atoms with Crippen LogP contribution in [0, 0.1) is 0 Å². The van der Waals surface area contributed by atoms with Gasteiger partial charge in [-0.1, -0.05) is 12.1 Å². The molecular weight excluding hydrogens is 708 g/mol. The Bertz CT molecular complexity index is 2040. The molecule has 0 radical (unpaired) electrons. The number of phenolic OH excluding ortho intramolecular Hbond substituents is 5. The van der Waals surface area contributed by atoms with E-state index in [1.807, 2.05) is 0 Å². The van der Waals surface area contributed by atoms with Gasteiger partial charge in [0.1, 0.15) is 64.8 Å². The van der Waals surface area contributed by atoms with Crippen molar-refractivity contribution in [2.75, 3.05) is 13.2 Å². The number of fused-ring (bicyclic) bond motifs is 1. The fourth-order valence-corrected chi connectivity index (χ4v) is 5.65. The van der Waals surface area contributed by atoms with Gasteiger partial charge >= 0.3 is 5.97 Å². The first kappa shape index (κ1) is 37.3. The molecule has 3 aromatic carbocycles. The summed E-state index contributed by atoms with van der Waals surface area (Å²) in [6.45, 7) is -1.09. The van der Waals surface area contributed by atoms with E-state index in [0.717, 1.165) is 30.3 Å². The maximum absolute atomic E-state index is 14.0. The first-order valence-electron chi connectivity index (χ1n) is 15.9. The molecule has 53 heavy (non-hydrogen) atoms. The number of esters is 1. The van der Waals surface area contributed by atoms with Crippen molar-refractivity contribution in [3.05, 3.63) is 76.5 Å². The molecule has 10 N–H and O–H groups in total. The van der Waals surface area contributed by atoms with Crippen molar-refractivity contribution >= 4 is 23.0 Å². The maximum atomic E-state index is 14.0. The summed E-state index contributed by atoms with van der Waals surface area (Å²) < 4.78 is 33.8. The molecule has 0 amide bonds. The largest absolute Gasteiger partial charge is 0.508 e. The summed E-state index contributed by atoms with van der Waals surface area (Å²) >= 11 is 0. The van der Waals surface area contributed by atoms with Gasteiger partial charge in [-0.25, -0.2) is 4.79 Å². The molecule has 2 fully saturated rings. The summed E-state index contributed by atoms with van der Waals surface area (Å²) in [5, 5.41) is 102. The average molecular weight is 743 g/mol. The van der Waals surface area contributed by atoms with E-state index in [0.29, 0.717) is 5.56 Å². The first-order chi connectivity index (χ1) is 25.2. The number of aromatic hydroxyl groups is 5. The van der Waals surface area contributed by atoms with Crippen LogP contribution in [0.1, 0.15) is 5.56 Å². The van der Waals surface area contributed by atoms with Crippen molar-refractivity contribution < 1.29 is 84.0 Å². The van der Waals surface area contributed by atoms with Gasteiger partial charge in [-0.2, -0.15) is 0 Å². The number of phenols is 5. The smallest absolute Gasteiger partial charge is 0.331 e. The average Bonchev–Trinajstić information content (AvgIpc) is 3.12. The van der Waals surface area contributed by atoms with Gasteiger partial charge in [-0.3, -0.25) is 4.79 Å². The fourth-order valence-electron chi connectivity index (χ4n) is 5.65. The molecule has 2 saturated heterocycles. The van der Waals surface area contributed by atoms with Crippen LogP contribution in [0.15, 0.2) is 69.9 Å². The number of carbonyl (C=O) groups is 1. The van der Waals surface area contributed by atoms with Gasteiger partial charge in [0.05, 0.1) is 13.2 Å². The molecule has 0 spiro atoms. The fraction of sp³-hybridized carbons (Fsp3) is 0.314. The van der Waals surface area contributed by atoms with Crippen molar-refractivity contribution in [3.8, 4) is 45.8 Å². The van der Waals surface area contributed by atoms with E-state index in [4.69, 9.17) is 28.1 Å². The third kappa shape index (κ3) is 7.84. The third-order valence-corrected chi connectivity index (χ3v) is 8.47. The third-order valence-electron chi connectivity index (χ3n) is 8.47. The quantitative estimate of drug-likeness (QED) is 0.0608. The van der Waals surface area contributed by atoms with Crippen molar-refractivity contribution in [3.63, 3.8) is 0 Å². The van der Waals surface area contributed by atoms with Crippen molar-refractivity contribution in [1.29, 1.82) is 0 Å². The van der Waals surface area contributed by atoms with Crippen LogP contribution in [0.3, 0.4) is 0 Å². The Labute approximate surface area is 297 Å². The number of carbonyl (C=O) groups excluding carboxylic acids is 1. The Hall–Kier alpha value is -5.44. The zero-order valence-corrected chi connectivity index (χ0v) is 27.2. The van der Waals surface area contributed by atoms with Crippen LogP contribution >= 0.6 is 0 Å². The SMILES string of the molecule is O=C(/C=C\c1ccc(O)cc1)O[C@@H]1[C@@H](Oc2c(-c3ccc(O)c(O)c3)oc3cc(O)cc(O)c3c2=O)O[C@@H](CO[C@H]2OC[C@H](O)[C@@H](O)[C@@H]2O)[C@H](O)[C@H]1O. The number of ether oxygens (including phenoxy) is 5. The maximum Gasteiger partial charge on any atom is 0.331 e. The number of hydrogen-bond donors (Lipinski definition) is 10. The van der Waals surface area contributed by atoms with E-state index in [1.54, 1.807) is 0 Å². The molecule has 4 aromatic rings. The van der Waals surface area contributed by atoms with Gasteiger partial charge in [-0.05, 0) is 42.0 Å². The van der Waals surface area contributed by atoms with Gasteiger partial charge in [0.15, 0.2) is 29.7 Å². The summed E-state index contributed by atoms with van der Waals surface area (Å²) in [6.07, 6.45) is -13.4. The lowest BCUT2D eigenvalue weighted by molar-refractivity contribution is -0.308. The van der Waals surface area contributed by atoms with Crippen LogP contribution in [0.2, 0.25) is 0 Å². The number of rotatable bonds is 9. The predicted octanol–water partition coefficient (Wildman–Crippen LogP) is -0.106. The molecule has 0 bridgehead atoms. The lowest BCUT2D eigenvalue weighted by Crippen LogP contribution is -2.62. The highest BCUT2D eigenvalue weighted by Gasteiger charge is 2.49. The Morgan fingerprint density at radius 3 is 2.25 bits per heavy atom. The number of aliphatic hydroxyl groups is 5. The molecule has 2 aliphatic rings. The molecule has 1 aromatic heterocycles. The normalized spacial score (nSPS) is 27.5. The van der Waals surface area contributed by atoms with E-state index in [9.17, 15) is 60.7 Å². The predicted molar refractivity (Wildman–Crippen MR) is 177 cm³/mol. The van der Waals surface area contributed by atoms with Crippen molar-refractivity contribution in [1.82, 2.24) is 0 Å². The molecule has 3 heterocycles. The van der Waals surface area contributed by atoms with Crippen LogP contribution < -0.4 is 10.2 Å². The Morgan fingerprint density at radius 2 is 1.53 bits per heavy atom. The van der Waals surface area contributed by atoms with E-state index < -0.39 is 120 Å². The first-order valence-corrected chi connectivity index (χ1v) is 15.9. The highest BCUT2D eigenvalue weighted by Crippen LogP contribution is 2.40. The van der Waals surface area contributed by atoms with Gasteiger partial charge in [0.25, 0.3) is 0 Å². The van der Waals surface area contributed by atoms with Crippen LogP contribution in [-0.4, -0.2) is 126 Å². The minimum atomic E-state index is -2.02. The summed E-state index contributed by atoms with van der Waals surface area (Å²) in [7, 11) is 0. The molecule has 18 nitrogen and oxygen atoms in total. The van der Waals surface area contributed by atoms with E-state index in [1.165, 1.54) is 36.4 Å². The van der Waals surface area contributed by atoms with Gasteiger partial charge < -0.3 is 79.2 Å². The second-order valence-electron chi connectivity index (χ2n) is 12.2. The molecule has 0 unspecified atom stereocenters. The zero-order chi connectivity index (χ0) is 38.1. The van der Waals surface area contributed by atoms with E-state index in [-0.39, 0.29) is 16.9 Å². The van der Waals surface area contributed by atoms with E-state index >= 15 is 0 Å². The lowest BCUT2D eigenvalue weighted by Gasteiger charge is -2.42.